The Morgan fingerprint density at radius 1 is 1.67 bits per heavy atom. The van der Waals surface area contributed by atoms with Crippen molar-refractivity contribution in [2.75, 3.05) is 0 Å². The summed E-state index contributed by atoms with van der Waals surface area (Å²) >= 11 is 0. The largest absolute Gasteiger partial charge is 0.361 e. The topological polar surface area (TPSA) is 83.8 Å². The highest BCUT2D eigenvalue weighted by atomic mass is 16.5. The zero-order valence-corrected chi connectivity index (χ0v) is 8.15. The molecule has 2 aromatic rings. The summed E-state index contributed by atoms with van der Waals surface area (Å²) in [5.41, 5.74) is 1.30. The fourth-order valence-corrected chi connectivity index (χ4v) is 1.17. The standard InChI is InChI=1S/C9H10N4O2/c1-6-8(5-12-15-6)9(14)10-4-7-2-3-11-13-7/h2-3,5H,4H2,1H3,(H,10,14)(H,11,13). The highest BCUT2D eigenvalue weighted by molar-refractivity contribution is 5.94. The van der Waals surface area contributed by atoms with Crippen molar-refractivity contribution in [1.82, 2.24) is 20.7 Å². The van der Waals surface area contributed by atoms with Crippen LogP contribution in [0.5, 0.6) is 0 Å². The van der Waals surface area contributed by atoms with Crippen LogP contribution < -0.4 is 5.32 Å². The van der Waals surface area contributed by atoms with Gasteiger partial charge in [0.15, 0.2) is 0 Å². The van der Waals surface area contributed by atoms with E-state index in [-0.39, 0.29) is 5.91 Å². The van der Waals surface area contributed by atoms with Gasteiger partial charge < -0.3 is 9.84 Å². The molecule has 0 saturated carbocycles. The van der Waals surface area contributed by atoms with Crippen LogP contribution in [0, 0.1) is 6.92 Å². The number of rotatable bonds is 3. The first-order valence-electron chi connectivity index (χ1n) is 4.45. The number of hydrogen-bond acceptors (Lipinski definition) is 4. The molecule has 0 spiro atoms. The number of H-pyrrole nitrogens is 1. The molecule has 0 atom stereocenters. The molecule has 0 bridgehead atoms. The maximum Gasteiger partial charge on any atom is 0.256 e. The molecule has 0 aliphatic rings. The van der Waals surface area contributed by atoms with Crippen LogP contribution in [0.4, 0.5) is 0 Å². The maximum atomic E-state index is 11.6. The van der Waals surface area contributed by atoms with Gasteiger partial charge >= 0.3 is 0 Å². The third-order valence-corrected chi connectivity index (χ3v) is 1.99. The van der Waals surface area contributed by atoms with E-state index in [1.807, 2.05) is 0 Å². The molecular weight excluding hydrogens is 196 g/mol. The van der Waals surface area contributed by atoms with Gasteiger partial charge in [-0.1, -0.05) is 5.16 Å². The average Bonchev–Trinajstić information content (AvgIpc) is 2.84. The number of nitrogens with zero attached hydrogens (tertiary/aromatic N) is 2. The summed E-state index contributed by atoms with van der Waals surface area (Å²) in [6.07, 6.45) is 3.03. The van der Waals surface area contributed by atoms with Crippen LogP contribution in [-0.4, -0.2) is 21.3 Å². The van der Waals surface area contributed by atoms with E-state index in [9.17, 15) is 4.79 Å². The molecule has 0 fully saturated rings. The first-order valence-corrected chi connectivity index (χ1v) is 4.45. The molecular formula is C9H10N4O2. The predicted molar refractivity (Wildman–Crippen MR) is 51.0 cm³/mol. The summed E-state index contributed by atoms with van der Waals surface area (Å²) in [4.78, 5) is 11.6. The SMILES string of the molecule is Cc1oncc1C(=O)NCc1ccn[nH]1. The van der Waals surface area contributed by atoms with Crippen molar-refractivity contribution < 1.29 is 9.32 Å². The van der Waals surface area contributed by atoms with Crippen LogP contribution in [-0.2, 0) is 6.54 Å². The second-order valence-corrected chi connectivity index (χ2v) is 3.06. The molecule has 0 aromatic carbocycles. The van der Waals surface area contributed by atoms with Crippen LogP contribution in [0.2, 0.25) is 0 Å². The Morgan fingerprint density at radius 3 is 3.13 bits per heavy atom. The summed E-state index contributed by atoms with van der Waals surface area (Å²) < 4.78 is 4.79. The van der Waals surface area contributed by atoms with Crippen LogP contribution in [0.3, 0.4) is 0 Å². The molecule has 2 rings (SSSR count). The summed E-state index contributed by atoms with van der Waals surface area (Å²) in [7, 11) is 0. The van der Waals surface area contributed by atoms with E-state index in [2.05, 4.69) is 20.7 Å². The van der Waals surface area contributed by atoms with Gasteiger partial charge in [-0.05, 0) is 13.0 Å². The lowest BCUT2D eigenvalue weighted by Gasteiger charge is -2.00. The fourth-order valence-electron chi connectivity index (χ4n) is 1.17. The lowest BCUT2D eigenvalue weighted by atomic mass is 10.2. The molecule has 1 amide bonds. The van der Waals surface area contributed by atoms with Gasteiger partial charge in [-0.3, -0.25) is 9.89 Å². The van der Waals surface area contributed by atoms with Crippen molar-refractivity contribution in [1.29, 1.82) is 0 Å². The van der Waals surface area contributed by atoms with Gasteiger partial charge in [0.25, 0.3) is 5.91 Å². The normalized spacial score (nSPS) is 10.2. The van der Waals surface area contributed by atoms with Crippen LogP contribution >= 0.6 is 0 Å². The van der Waals surface area contributed by atoms with Gasteiger partial charge in [0.2, 0.25) is 0 Å². The molecule has 2 heterocycles. The van der Waals surface area contributed by atoms with Crippen molar-refractivity contribution in [2.45, 2.75) is 13.5 Å². The van der Waals surface area contributed by atoms with Crippen molar-refractivity contribution >= 4 is 5.91 Å². The fraction of sp³-hybridized carbons (Fsp3) is 0.222. The average molecular weight is 206 g/mol. The molecule has 0 aliphatic heterocycles. The maximum absolute atomic E-state index is 11.6. The number of hydrogen-bond donors (Lipinski definition) is 2. The van der Waals surface area contributed by atoms with Crippen LogP contribution in [0.1, 0.15) is 21.8 Å². The molecule has 2 N–H and O–H groups in total. The van der Waals surface area contributed by atoms with E-state index in [0.717, 1.165) is 5.69 Å². The van der Waals surface area contributed by atoms with Gasteiger partial charge in [-0.15, -0.1) is 0 Å². The third-order valence-electron chi connectivity index (χ3n) is 1.99. The van der Waals surface area contributed by atoms with E-state index in [1.165, 1.54) is 6.20 Å². The molecule has 78 valence electrons. The highest BCUT2D eigenvalue weighted by Crippen LogP contribution is 2.05. The van der Waals surface area contributed by atoms with Crippen molar-refractivity contribution in [3.05, 3.63) is 35.5 Å². The minimum atomic E-state index is -0.205. The van der Waals surface area contributed by atoms with E-state index in [1.54, 1.807) is 19.2 Å². The van der Waals surface area contributed by atoms with E-state index in [0.29, 0.717) is 17.9 Å². The molecule has 0 radical (unpaired) electrons. The van der Waals surface area contributed by atoms with Crippen molar-refractivity contribution in [3.63, 3.8) is 0 Å². The van der Waals surface area contributed by atoms with E-state index < -0.39 is 0 Å². The van der Waals surface area contributed by atoms with Crippen LogP contribution in [0.15, 0.2) is 23.0 Å². The van der Waals surface area contributed by atoms with E-state index >= 15 is 0 Å². The van der Waals surface area contributed by atoms with Gasteiger partial charge in [0, 0.05) is 6.20 Å². The number of carbonyl (C=O) groups excluding carboxylic acids is 1. The number of amides is 1. The van der Waals surface area contributed by atoms with Crippen LogP contribution in [0.25, 0.3) is 0 Å². The zero-order valence-electron chi connectivity index (χ0n) is 8.15. The van der Waals surface area contributed by atoms with Crippen molar-refractivity contribution in [2.24, 2.45) is 0 Å². The monoisotopic (exact) mass is 206 g/mol. The van der Waals surface area contributed by atoms with E-state index in [4.69, 9.17) is 4.52 Å². The molecule has 0 unspecified atom stereocenters. The quantitative estimate of drug-likeness (QED) is 0.771. The Balaban J connectivity index is 1.96. The Labute approximate surface area is 85.7 Å². The van der Waals surface area contributed by atoms with Gasteiger partial charge in [0.05, 0.1) is 18.4 Å². The molecule has 15 heavy (non-hydrogen) atoms. The summed E-state index contributed by atoms with van der Waals surface area (Å²) in [6.45, 7) is 2.10. The van der Waals surface area contributed by atoms with Gasteiger partial charge in [-0.25, -0.2) is 0 Å². The Morgan fingerprint density at radius 2 is 2.53 bits per heavy atom. The number of aromatic amines is 1. The van der Waals surface area contributed by atoms with Crippen molar-refractivity contribution in [3.8, 4) is 0 Å². The van der Waals surface area contributed by atoms with Gasteiger partial charge in [0.1, 0.15) is 11.3 Å². The lowest BCUT2D eigenvalue weighted by Crippen LogP contribution is -2.23. The predicted octanol–water partition coefficient (Wildman–Crippen LogP) is 0.636. The second-order valence-electron chi connectivity index (χ2n) is 3.06. The van der Waals surface area contributed by atoms with Gasteiger partial charge in [-0.2, -0.15) is 5.10 Å². The highest BCUT2D eigenvalue weighted by Gasteiger charge is 2.12. The first kappa shape index (κ1) is 9.45. The molecule has 0 saturated heterocycles. The number of carbonyl (C=O) groups is 1. The second kappa shape index (κ2) is 3.95. The summed E-state index contributed by atoms with van der Waals surface area (Å²) in [5, 5.41) is 12.8. The molecule has 6 heteroatoms. The molecule has 0 aliphatic carbocycles. The Bertz CT molecular complexity index is 446. The minimum Gasteiger partial charge on any atom is -0.361 e. The number of aromatic nitrogens is 3. The first-order chi connectivity index (χ1) is 7.27. The number of aryl methyl sites for hydroxylation is 1. The smallest absolute Gasteiger partial charge is 0.256 e. The number of nitrogens with one attached hydrogen (secondary N) is 2. The minimum absolute atomic E-state index is 0.205. The zero-order chi connectivity index (χ0) is 10.7. The third kappa shape index (κ3) is 2.04. The molecule has 2 aromatic heterocycles. The summed E-state index contributed by atoms with van der Waals surface area (Å²) in [6, 6.07) is 1.79. The summed E-state index contributed by atoms with van der Waals surface area (Å²) in [5.74, 6) is 0.306. The molecule has 6 nitrogen and oxygen atoms in total. The Kier molecular flexibility index (Phi) is 2.49. The Hall–Kier alpha value is -2.11. The lowest BCUT2D eigenvalue weighted by molar-refractivity contribution is 0.0949.